The maximum Gasteiger partial charge on any atom is 0.248 e. The zero-order valence-corrected chi connectivity index (χ0v) is 16.7. The molecule has 0 bridgehead atoms. The molecule has 7 heteroatoms. The Kier molecular flexibility index (Phi) is 5.53. The standard InChI is InChI=1S/C22H22ClN3O3/c23-18-8-10-19(11-9-18)26-15-25(14-21(26)28)20(27)13-24(22(29)17-6-7-17)12-16-4-2-1-3-5-16/h1-5,8-11,17H,6-7,12-15H2. The zero-order valence-electron chi connectivity index (χ0n) is 16.0. The predicted molar refractivity (Wildman–Crippen MR) is 110 cm³/mol. The summed E-state index contributed by atoms with van der Waals surface area (Å²) in [5.41, 5.74) is 1.68. The second-order valence-electron chi connectivity index (χ2n) is 7.49. The zero-order chi connectivity index (χ0) is 20.4. The minimum Gasteiger partial charge on any atom is -0.329 e. The van der Waals surface area contributed by atoms with Crippen molar-refractivity contribution < 1.29 is 14.4 Å². The molecule has 0 aromatic heterocycles. The molecule has 0 radical (unpaired) electrons. The SMILES string of the molecule is O=C(CN(Cc1ccccc1)C(=O)C1CC1)N1CC(=O)N(c2ccc(Cl)cc2)C1. The molecule has 2 aliphatic rings. The van der Waals surface area contributed by atoms with E-state index in [2.05, 4.69) is 0 Å². The first-order chi connectivity index (χ1) is 14.0. The van der Waals surface area contributed by atoms with Gasteiger partial charge in [-0.2, -0.15) is 0 Å². The Hall–Kier alpha value is -2.86. The van der Waals surface area contributed by atoms with Crippen molar-refractivity contribution in [2.75, 3.05) is 24.7 Å². The first-order valence-corrected chi connectivity index (χ1v) is 10.1. The van der Waals surface area contributed by atoms with E-state index in [1.54, 1.807) is 34.1 Å². The van der Waals surface area contributed by atoms with Crippen LogP contribution in [0.3, 0.4) is 0 Å². The van der Waals surface area contributed by atoms with Crippen molar-refractivity contribution in [2.24, 2.45) is 5.92 Å². The van der Waals surface area contributed by atoms with Crippen molar-refractivity contribution >= 4 is 35.0 Å². The van der Waals surface area contributed by atoms with E-state index >= 15 is 0 Å². The number of anilines is 1. The first kappa shape index (κ1) is 19.5. The van der Waals surface area contributed by atoms with Gasteiger partial charge in [0, 0.05) is 23.2 Å². The quantitative estimate of drug-likeness (QED) is 0.734. The van der Waals surface area contributed by atoms with Gasteiger partial charge in [0.05, 0.1) is 0 Å². The summed E-state index contributed by atoms with van der Waals surface area (Å²) in [7, 11) is 0. The molecule has 150 valence electrons. The van der Waals surface area contributed by atoms with Crippen LogP contribution in [0.15, 0.2) is 54.6 Å². The molecule has 2 aromatic carbocycles. The summed E-state index contributed by atoms with van der Waals surface area (Å²) in [6.45, 7) is 0.560. The molecular weight excluding hydrogens is 390 g/mol. The smallest absolute Gasteiger partial charge is 0.248 e. The van der Waals surface area contributed by atoms with Gasteiger partial charge >= 0.3 is 0 Å². The predicted octanol–water partition coefficient (Wildman–Crippen LogP) is 2.91. The van der Waals surface area contributed by atoms with E-state index in [1.807, 2.05) is 30.3 Å². The Labute approximate surface area is 174 Å². The molecule has 2 aromatic rings. The highest BCUT2D eigenvalue weighted by atomic mass is 35.5. The van der Waals surface area contributed by atoms with E-state index in [9.17, 15) is 14.4 Å². The second kappa shape index (κ2) is 8.25. The molecule has 3 amide bonds. The van der Waals surface area contributed by atoms with Crippen LogP contribution in [0.2, 0.25) is 5.02 Å². The molecule has 1 aliphatic heterocycles. The molecule has 1 saturated carbocycles. The third-order valence-electron chi connectivity index (χ3n) is 5.21. The van der Waals surface area contributed by atoms with Gasteiger partial charge < -0.3 is 9.80 Å². The average Bonchev–Trinajstić information content (AvgIpc) is 3.50. The molecule has 1 saturated heterocycles. The molecule has 0 atom stereocenters. The van der Waals surface area contributed by atoms with Gasteiger partial charge in [-0.25, -0.2) is 0 Å². The van der Waals surface area contributed by atoms with Gasteiger partial charge in [0.1, 0.15) is 19.8 Å². The van der Waals surface area contributed by atoms with Crippen molar-refractivity contribution in [3.63, 3.8) is 0 Å². The fourth-order valence-electron chi connectivity index (χ4n) is 3.43. The minimum absolute atomic E-state index is 0.0122. The van der Waals surface area contributed by atoms with Crippen LogP contribution >= 0.6 is 11.6 Å². The number of benzene rings is 2. The number of rotatable bonds is 6. The van der Waals surface area contributed by atoms with E-state index in [-0.39, 0.29) is 43.4 Å². The normalized spacial score (nSPS) is 16.2. The highest BCUT2D eigenvalue weighted by molar-refractivity contribution is 6.30. The second-order valence-corrected chi connectivity index (χ2v) is 7.92. The molecule has 0 spiro atoms. The number of nitrogens with zero attached hydrogens (tertiary/aromatic N) is 3. The largest absolute Gasteiger partial charge is 0.329 e. The van der Waals surface area contributed by atoms with Gasteiger partial charge in [-0.05, 0) is 42.7 Å². The number of carbonyl (C=O) groups is 3. The fraction of sp³-hybridized carbons (Fsp3) is 0.318. The Morgan fingerprint density at radius 2 is 1.72 bits per heavy atom. The lowest BCUT2D eigenvalue weighted by molar-refractivity contribution is -0.141. The monoisotopic (exact) mass is 411 g/mol. The Bertz CT molecular complexity index is 913. The topological polar surface area (TPSA) is 60.9 Å². The Balaban J connectivity index is 1.44. The molecule has 2 fully saturated rings. The lowest BCUT2D eigenvalue weighted by Gasteiger charge is -2.25. The van der Waals surface area contributed by atoms with Crippen LogP contribution in [0.5, 0.6) is 0 Å². The molecule has 4 rings (SSSR count). The highest BCUT2D eigenvalue weighted by Gasteiger charge is 2.37. The van der Waals surface area contributed by atoms with E-state index < -0.39 is 0 Å². The first-order valence-electron chi connectivity index (χ1n) is 9.67. The summed E-state index contributed by atoms with van der Waals surface area (Å²) in [5, 5.41) is 0.587. The van der Waals surface area contributed by atoms with Gasteiger partial charge in [0.2, 0.25) is 17.7 Å². The van der Waals surface area contributed by atoms with Crippen LogP contribution in [-0.2, 0) is 20.9 Å². The van der Waals surface area contributed by atoms with E-state index in [4.69, 9.17) is 11.6 Å². The molecule has 1 heterocycles. The van der Waals surface area contributed by atoms with E-state index in [0.29, 0.717) is 17.3 Å². The van der Waals surface area contributed by atoms with Crippen molar-refractivity contribution in [3.05, 3.63) is 65.2 Å². The summed E-state index contributed by atoms with van der Waals surface area (Å²) in [4.78, 5) is 42.7. The number of amides is 3. The van der Waals surface area contributed by atoms with Crippen molar-refractivity contribution in [1.29, 1.82) is 0 Å². The maximum absolute atomic E-state index is 12.9. The molecule has 29 heavy (non-hydrogen) atoms. The van der Waals surface area contributed by atoms with Gasteiger partial charge in [-0.3, -0.25) is 19.3 Å². The van der Waals surface area contributed by atoms with Crippen LogP contribution in [0, 0.1) is 5.92 Å². The number of halogens is 1. The van der Waals surface area contributed by atoms with Crippen LogP contribution in [0.25, 0.3) is 0 Å². The molecule has 6 nitrogen and oxygen atoms in total. The summed E-state index contributed by atoms with van der Waals surface area (Å²) >= 11 is 5.91. The van der Waals surface area contributed by atoms with Crippen LogP contribution in [0.4, 0.5) is 5.69 Å². The van der Waals surface area contributed by atoms with Crippen LogP contribution in [-0.4, -0.2) is 47.3 Å². The molecule has 1 aliphatic carbocycles. The average molecular weight is 412 g/mol. The fourth-order valence-corrected chi connectivity index (χ4v) is 3.56. The van der Waals surface area contributed by atoms with E-state index in [0.717, 1.165) is 18.4 Å². The summed E-state index contributed by atoms with van der Waals surface area (Å²) in [6.07, 6.45) is 1.76. The lowest BCUT2D eigenvalue weighted by Crippen LogP contribution is -2.43. The summed E-state index contributed by atoms with van der Waals surface area (Å²) < 4.78 is 0. The van der Waals surface area contributed by atoms with Gasteiger partial charge in [0.15, 0.2) is 0 Å². The van der Waals surface area contributed by atoms with Gasteiger partial charge in [0.25, 0.3) is 0 Å². The van der Waals surface area contributed by atoms with Gasteiger partial charge in [-0.1, -0.05) is 41.9 Å². The third-order valence-corrected chi connectivity index (χ3v) is 5.46. The Morgan fingerprint density at radius 3 is 2.38 bits per heavy atom. The van der Waals surface area contributed by atoms with Crippen LogP contribution in [0.1, 0.15) is 18.4 Å². The maximum atomic E-state index is 12.9. The summed E-state index contributed by atoms with van der Waals surface area (Å²) in [5.74, 6) is -0.330. The van der Waals surface area contributed by atoms with Crippen molar-refractivity contribution in [3.8, 4) is 0 Å². The Morgan fingerprint density at radius 1 is 1.03 bits per heavy atom. The number of carbonyl (C=O) groups excluding carboxylic acids is 3. The minimum atomic E-state index is -0.222. The lowest BCUT2D eigenvalue weighted by atomic mass is 10.2. The molecule has 0 N–H and O–H groups in total. The highest BCUT2D eigenvalue weighted by Crippen LogP contribution is 2.31. The van der Waals surface area contributed by atoms with Gasteiger partial charge in [-0.15, -0.1) is 0 Å². The molecule has 0 unspecified atom stereocenters. The number of hydrogen-bond donors (Lipinski definition) is 0. The van der Waals surface area contributed by atoms with Crippen molar-refractivity contribution in [1.82, 2.24) is 9.80 Å². The van der Waals surface area contributed by atoms with Crippen molar-refractivity contribution in [2.45, 2.75) is 19.4 Å². The van der Waals surface area contributed by atoms with E-state index in [1.165, 1.54) is 4.90 Å². The van der Waals surface area contributed by atoms with Crippen LogP contribution < -0.4 is 4.90 Å². The number of hydrogen-bond acceptors (Lipinski definition) is 3. The molecular formula is C22H22ClN3O3. The third kappa shape index (κ3) is 4.59. The summed E-state index contributed by atoms with van der Waals surface area (Å²) in [6, 6.07) is 16.6.